The Morgan fingerprint density at radius 2 is 1.04 bits per heavy atom. The maximum absolute atomic E-state index is 6.23. The Kier molecular flexibility index (Phi) is 6.18. The molecular formula is C46H30N2O. The Morgan fingerprint density at radius 1 is 0.388 bits per heavy atom. The highest BCUT2D eigenvalue weighted by molar-refractivity contribution is 6.21. The first-order valence-corrected chi connectivity index (χ1v) is 16.7. The van der Waals surface area contributed by atoms with Gasteiger partial charge in [-0.1, -0.05) is 115 Å². The Bertz CT molecular complexity index is 2830. The van der Waals surface area contributed by atoms with E-state index in [-0.39, 0.29) is 0 Å². The molecule has 0 aliphatic rings. The van der Waals surface area contributed by atoms with Crippen LogP contribution in [0.1, 0.15) is 0 Å². The van der Waals surface area contributed by atoms with Gasteiger partial charge in [0.05, 0.1) is 11.0 Å². The van der Waals surface area contributed by atoms with E-state index in [4.69, 9.17) is 4.42 Å². The summed E-state index contributed by atoms with van der Waals surface area (Å²) in [5, 5.41) is 7.20. The Hall–Kier alpha value is -6.58. The molecule has 0 aliphatic heterocycles. The van der Waals surface area contributed by atoms with Gasteiger partial charge in [-0.3, -0.25) is 0 Å². The number of furan rings is 1. The van der Waals surface area contributed by atoms with Crippen LogP contribution >= 0.6 is 0 Å². The zero-order chi connectivity index (χ0) is 32.3. The predicted molar refractivity (Wildman–Crippen MR) is 206 cm³/mol. The van der Waals surface area contributed by atoms with E-state index in [0.717, 1.165) is 44.9 Å². The molecule has 0 atom stereocenters. The summed E-state index contributed by atoms with van der Waals surface area (Å²) in [5.74, 6) is 0. The van der Waals surface area contributed by atoms with Crippen LogP contribution in [0, 0.1) is 0 Å². The number of para-hydroxylation sites is 4. The van der Waals surface area contributed by atoms with E-state index in [9.17, 15) is 0 Å². The fourth-order valence-electron chi connectivity index (χ4n) is 7.62. The molecule has 0 N–H and O–H groups in total. The minimum absolute atomic E-state index is 0.915. The number of benzene rings is 8. The predicted octanol–water partition coefficient (Wildman–Crippen LogP) is 13.0. The third kappa shape index (κ3) is 4.37. The highest BCUT2D eigenvalue weighted by Gasteiger charge is 2.19. The van der Waals surface area contributed by atoms with E-state index >= 15 is 0 Å². The summed E-state index contributed by atoms with van der Waals surface area (Å²) in [6.45, 7) is 0. The first kappa shape index (κ1) is 27.5. The molecule has 3 heteroatoms. The quantitative estimate of drug-likeness (QED) is 0.190. The van der Waals surface area contributed by atoms with Gasteiger partial charge in [-0.25, -0.2) is 0 Å². The fraction of sp³-hybridized carbons (Fsp3) is 0. The second-order valence-corrected chi connectivity index (χ2v) is 12.5. The number of anilines is 3. The first-order chi connectivity index (χ1) is 24.3. The standard InChI is InChI=1S/C46H30N2O/c1-3-14-32(15-4-1)47(35-25-26-39-38-19-7-9-23-42(38)48(43(39)30-35)33-16-5-2-6-17-33)34-18-11-13-31(29-34)36-21-12-22-40-37(36)27-28-45-46(40)41-20-8-10-24-44(41)49-45/h1-30H. The minimum atomic E-state index is 0.915. The smallest absolute Gasteiger partial charge is 0.136 e. The van der Waals surface area contributed by atoms with Gasteiger partial charge in [0.2, 0.25) is 0 Å². The van der Waals surface area contributed by atoms with E-state index in [1.807, 2.05) is 12.1 Å². The second kappa shape index (κ2) is 11.0. The summed E-state index contributed by atoms with van der Waals surface area (Å²) < 4.78 is 8.61. The summed E-state index contributed by atoms with van der Waals surface area (Å²) in [5.41, 5.74) is 11.0. The zero-order valence-electron chi connectivity index (χ0n) is 26.6. The van der Waals surface area contributed by atoms with Crippen LogP contribution in [0.3, 0.4) is 0 Å². The Balaban J connectivity index is 1.17. The van der Waals surface area contributed by atoms with E-state index in [1.54, 1.807) is 0 Å². The molecule has 0 unspecified atom stereocenters. The van der Waals surface area contributed by atoms with Crippen LogP contribution in [0.15, 0.2) is 186 Å². The van der Waals surface area contributed by atoms with Crippen molar-refractivity contribution in [2.75, 3.05) is 4.90 Å². The second-order valence-electron chi connectivity index (χ2n) is 12.5. The average Bonchev–Trinajstić information content (AvgIpc) is 3.71. The Morgan fingerprint density at radius 3 is 1.92 bits per heavy atom. The average molecular weight is 627 g/mol. The highest BCUT2D eigenvalue weighted by Crippen LogP contribution is 2.42. The van der Waals surface area contributed by atoms with Crippen LogP contribution in [0.5, 0.6) is 0 Å². The van der Waals surface area contributed by atoms with Crippen LogP contribution in [-0.2, 0) is 0 Å². The third-order valence-electron chi connectivity index (χ3n) is 9.76. The van der Waals surface area contributed by atoms with Crippen molar-refractivity contribution in [3.63, 3.8) is 0 Å². The molecule has 2 heterocycles. The summed E-state index contributed by atoms with van der Waals surface area (Å²) in [6, 6.07) is 65.0. The molecule has 3 nitrogen and oxygen atoms in total. The molecule has 0 amide bonds. The number of hydrogen-bond donors (Lipinski definition) is 0. The van der Waals surface area contributed by atoms with Crippen molar-refractivity contribution in [1.29, 1.82) is 0 Å². The van der Waals surface area contributed by atoms with Gasteiger partial charge in [-0.05, 0) is 88.6 Å². The lowest BCUT2D eigenvalue weighted by Crippen LogP contribution is -2.10. The lowest BCUT2D eigenvalue weighted by Gasteiger charge is -2.26. The number of aromatic nitrogens is 1. The van der Waals surface area contributed by atoms with E-state index < -0.39 is 0 Å². The molecule has 8 aromatic carbocycles. The molecule has 0 bridgehead atoms. The number of hydrogen-bond acceptors (Lipinski definition) is 2. The first-order valence-electron chi connectivity index (χ1n) is 16.7. The summed E-state index contributed by atoms with van der Waals surface area (Å²) in [6.07, 6.45) is 0. The maximum Gasteiger partial charge on any atom is 0.136 e. The summed E-state index contributed by atoms with van der Waals surface area (Å²) in [7, 11) is 0. The van der Waals surface area contributed by atoms with Gasteiger partial charge in [0.15, 0.2) is 0 Å². The van der Waals surface area contributed by atoms with Gasteiger partial charge < -0.3 is 13.9 Å². The van der Waals surface area contributed by atoms with Gasteiger partial charge in [0.1, 0.15) is 11.2 Å². The Labute approximate surface area is 283 Å². The van der Waals surface area contributed by atoms with E-state index in [0.29, 0.717) is 0 Å². The molecule has 0 spiro atoms. The molecule has 10 aromatic rings. The van der Waals surface area contributed by atoms with E-state index in [2.05, 4.69) is 179 Å². The lowest BCUT2D eigenvalue weighted by atomic mass is 9.95. The lowest BCUT2D eigenvalue weighted by molar-refractivity contribution is 0.669. The summed E-state index contributed by atoms with van der Waals surface area (Å²) in [4.78, 5) is 2.36. The largest absolute Gasteiger partial charge is 0.456 e. The van der Waals surface area contributed by atoms with E-state index in [1.165, 1.54) is 43.5 Å². The van der Waals surface area contributed by atoms with Crippen molar-refractivity contribution >= 4 is 71.6 Å². The van der Waals surface area contributed by atoms with Crippen molar-refractivity contribution in [2.24, 2.45) is 0 Å². The monoisotopic (exact) mass is 626 g/mol. The van der Waals surface area contributed by atoms with Crippen molar-refractivity contribution in [3.05, 3.63) is 182 Å². The van der Waals surface area contributed by atoms with Crippen LogP contribution in [-0.4, -0.2) is 4.57 Å². The molecule has 230 valence electrons. The van der Waals surface area contributed by atoms with Crippen LogP contribution in [0.2, 0.25) is 0 Å². The van der Waals surface area contributed by atoms with Crippen molar-refractivity contribution in [1.82, 2.24) is 4.57 Å². The number of fused-ring (bicyclic) bond motifs is 8. The molecule has 49 heavy (non-hydrogen) atoms. The normalized spacial score (nSPS) is 11.7. The maximum atomic E-state index is 6.23. The van der Waals surface area contributed by atoms with Crippen LogP contribution in [0.25, 0.3) is 71.3 Å². The van der Waals surface area contributed by atoms with Crippen molar-refractivity contribution in [3.8, 4) is 16.8 Å². The molecule has 0 saturated heterocycles. The van der Waals surface area contributed by atoms with Crippen LogP contribution < -0.4 is 4.90 Å². The van der Waals surface area contributed by atoms with Crippen molar-refractivity contribution in [2.45, 2.75) is 0 Å². The minimum Gasteiger partial charge on any atom is -0.456 e. The molecule has 0 fully saturated rings. The number of nitrogens with zero attached hydrogens (tertiary/aromatic N) is 2. The fourth-order valence-corrected chi connectivity index (χ4v) is 7.62. The SMILES string of the molecule is c1ccc(N(c2cccc(-c3cccc4c3ccc3oc5ccccc5c34)c2)c2ccc3c4ccccc4n(-c4ccccc4)c3c2)cc1. The number of rotatable bonds is 5. The molecule has 0 aliphatic carbocycles. The van der Waals surface area contributed by atoms with Gasteiger partial charge >= 0.3 is 0 Å². The molecule has 0 radical (unpaired) electrons. The highest BCUT2D eigenvalue weighted by atomic mass is 16.3. The van der Waals surface area contributed by atoms with Gasteiger partial charge in [-0.2, -0.15) is 0 Å². The summed E-state index contributed by atoms with van der Waals surface area (Å²) >= 11 is 0. The van der Waals surface area contributed by atoms with Gasteiger partial charge in [0, 0.05) is 44.3 Å². The van der Waals surface area contributed by atoms with Gasteiger partial charge in [0.25, 0.3) is 0 Å². The molecule has 10 rings (SSSR count). The topological polar surface area (TPSA) is 21.3 Å². The molecule has 0 saturated carbocycles. The third-order valence-corrected chi connectivity index (χ3v) is 9.76. The van der Waals surface area contributed by atoms with Crippen molar-refractivity contribution < 1.29 is 4.42 Å². The van der Waals surface area contributed by atoms with Crippen LogP contribution in [0.4, 0.5) is 17.1 Å². The zero-order valence-corrected chi connectivity index (χ0v) is 26.6. The molecule has 2 aromatic heterocycles. The molecular weight excluding hydrogens is 597 g/mol. The van der Waals surface area contributed by atoms with Gasteiger partial charge in [-0.15, -0.1) is 0 Å².